The molecule has 0 amide bonds. The molecule has 3 heteroatoms. The summed E-state index contributed by atoms with van der Waals surface area (Å²) in [7, 11) is 0. The van der Waals surface area contributed by atoms with E-state index in [9.17, 15) is 0 Å². The van der Waals surface area contributed by atoms with Gasteiger partial charge in [0.15, 0.2) is 0 Å². The van der Waals surface area contributed by atoms with Crippen molar-refractivity contribution in [3.63, 3.8) is 0 Å². The van der Waals surface area contributed by atoms with E-state index in [1.54, 1.807) is 0 Å². The molecule has 0 radical (unpaired) electrons. The monoisotopic (exact) mass is 178 g/mol. The Kier molecular flexibility index (Phi) is 1.19. The molecular weight excluding hydrogens is 176 g/mol. The Labute approximate surface area is 48.0 Å². The molecule has 0 N–H and O–H groups in total. The first-order valence-corrected chi connectivity index (χ1v) is 2.31. The zero-order valence-corrected chi connectivity index (χ0v) is 4.33. The van der Waals surface area contributed by atoms with Crippen LogP contribution in [0.5, 0.6) is 0 Å². The predicted octanol–water partition coefficient (Wildman–Crippen LogP) is 0.335. The zero-order valence-electron chi connectivity index (χ0n) is 2.85. The molecule has 0 fully saturated rings. The van der Waals surface area contributed by atoms with Gasteiger partial charge in [-0.25, -0.2) is 0 Å². The van der Waals surface area contributed by atoms with Crippen molar-refractivity contribution in [3.05, 3.63) is 12.5 Å². The summed E-state index contributed by atoms with van der Waals surface area (Å²) in [5.41, 5.74) is 0. The molecule has 0 spiro atoms. The summed E-state index contributed by atoms with van der Waals surface area (Å²) in [6.45, 7) is 0. The van der Waals surface area contributed by atoms with Crippen molar-refractivity contribution in [3.8, 4) is 0 Å². The standard InChI is InChI=1S/C3H3O2.Ag/c1-2-5-3-4-1;/h1-3H;. The third-order valence-electron chi connectivity index (χ3n) is 0.406. The molecule has 0 bridgehead atoms. The Morgan fingerprint density at radius 1 is 1.33 bits per heavy atom. The van der Waals surface area contributed by atoms with Gasteiger partial charge in [-0.2, -0.15) is 0 Å². The molecule has 1 aliphatic rings. The molecule has 0 aromatic carbocycles. The summed E-state index contributed by atoms with van der Waals surface area (Å²) in [6.07, 6.45) is 2.97. The molecule has 0 atom stereocenters. The molecule has 6 heavy (non-hydrogen) atoms. The molecule has 2 nitrogen and oxygen atoms in total. The van der Waals surface area contributed by atoms with Crippen LogP contribution < -0.4 is 0 Å². The fourth-order valence-electron chi connectivity index (χ4n) is 0.208. The van der Waals surface area contributed by atoms with Gasteiger partial charge in [-0.05, 0) is 0 Å². The van der Waals surface area contributed by atoms with Crippen LogP contribution in [0.15, 0.2) is 12.5 Å². The SMILES string of the molecule is [Ag][CH]1OC=CO1. The molecule has 1 rings (SSSR count). The van der Waals surface area contributed by atoms with Gasteiger partial charge in [0.1, 0.15) is 0 Å². The van der Waals surface area contributed by atoms with Crippen LogP contribution in [0.2, 0.25) is 0 Å². The van der Waals surface area contributed by atoms with Crippen LogP contribution in [0, 0.1) is 0 Å². The van der Waals surface area contributed by atoms with Crippen LogP contribution in [0.4, 0.5) is 0 Å². The second kappa shape index (κ2) is 1.69. The molecule has 0 saturated carbocycles. The van der Waals surface area contributed by atoms with Gasteiger partial charge in [0.25, 0.3) is 0 Å². The van der Waals surface area contributed by atoms with E-state index in [4.69, 9.17) is 0 Å². The third-order valence-corrected chi connectivity index (χ3v) is 0.809. The van der Waals surface area contributed by atoms with Gasteiger partial charge in [-0.15, -0.1) is 0 Å². The van der Waals surface area contributed by atoms with Crippen molar-refractivity contribution >= 4 is 0 Å². The van der Waals surface area contributed by atoms with E-state index < -0.39 is 0 Å². The molecule has 0 aromatic heterocycles. The number of hydrogen-bond donors (Lipinski definition) is 0. The summed E-state index contributed by atoms with van der Waals surface area (Å²) >= 11 is 3.05. The molecule has 0 unspecified atom stereocenters. The zero-order chi connectivity index (χ0) is 4.41. The van der Waals surface area contributed by atoms with Crippen LogP contribution in [-0.2, 0) is 30.5 Å². The van der Waals surface area contributed by atoms with Crippen molar-refractivity contribution in [2.24, 2.45) is 0 Å². The molecule has 0 saturated heterocycles. The van der Waals surface area contributed by atoms with E-state index in [0.717, 1.165) is 0 Å². The predicted molar refractivity (Wildman–Crippen MR) is 15.1 cm³/mol. The van der Waals surface area contributed by atoms with Gasteiger partial charge < -0.3 is 0 Å². The van der Waals surface area contributed by atoms with Crippen molar-refractivity contribution in [1.29, 1.82) is 0 Å². The van der Waals surface area contributed by atoms with Gasteiger partial charge in [-0.3, -0.25) is 0 Å². The average molecular weight is 179 g/mol. The number of hydrogen-bond acceptors (Lipinski definition) is 2. The van der Waals surface area contributed by atoms with Gasteiger partial charge in [0.2, 0.25) is 0 Å². The van der Waals surface area contributed by atoms with Crippen LogP contribution in [0.25, 0.3) is 0 Å². The summed E-state index contributed by atoms with van der Waals surface area (Å²) in [5.74, 6) is 0. The second-order valence-corrected chi connectivity index (χ2v) is 1.48. The Bertz CT molecular complexity index is 63.2. The number of ether oxygens (including phenoxy) is 2. The van der Waals surface area contributed by atoms with E-state index in [-0.39, 0.29) is 4.51 Å². The molecule has 38 valence electrons. The molecule has 1 heterocycles. The van der Waals surface area contributed by atoms with Crippen LogP contribution >= 0.6 is 0 Å². The second-order valence-electron chi connectivity index (χ2n) is 0.783. The minimum atomic E-state index is -0.255. The average Bonchev–Trinajstić information content (AvgIpc) is 1.86. The first kappa shape index (κ1) is 4.24. The van der Waals surface area contributed by atoms with Gasteiger partial charge in [-0.1, -0.05) is 0 Å². The summed E-state index contributed by atoms with van der Waals surface area (Å²) in [5, 5.41) is 0. The fraction of sp³-hybridized carbons (Fsp3) is 0.333. The van der Waals surface area contributed by atoms with Crippen LogP contribution in [0.1, 0.15) is 0 Å². The Balaban J connectivity index is 2.32. The molecule has 0 aromatic rings. The summed E-state index contributed by atoms with van der Waals surface area (Å²) < 4.78 is 9.08. The normalized spacial score (nSPS) is 20.3. The Hall–Kier alpha value is 0.0803. The quantitative estimate of drug-likeness (QED) is 0.499. The van der Waals surface area contributed by atoms with Gasteiger partial charge >= 0.3 is 47.6 Å². The number of rotatable bonds is 0. The Morgan fingerprint density at radius 2 is 1.83 bits per heavy atom. The molecular formula is C3H3AgO2. The molecule has 0 aliphatic carbocycles. The van der Waals surface area contributed by atoms with Crippen molar-refractivity contribution < 1.29 is 30.5 Å². The van der Waals surface area contributed by atoms with Crippen molar-refractivity contribution in [2.45, 2.75) is 4.51 Å². The van der Waals surface area contributed by atoms with Crippen molar-refractivity contribution in [2.75, 3.05) is 0 Å². The summed E-state index contributed by atoms with van der Waals surface area (Å²) in [6, 6.07) is 0. The van der Waals surface area contributed by atoms with E-state index in [0.29, 0.717) is 0 Å². The van der Waals surface area contributed by atoms with E-state index in [1.807, 2.05) is 0 Å². The van der Waals surface area contributed by atoms with Crippen LogP contribution in [0.3, 0.4) is 0 Å². The van der Waals surface area contributed by atoms with E-state index in [1.165, 1.54) is 12.5 Å². The third kappa shape index (κ3) is 0.772. The van der Waals surface area contributed by atoms with Crippen molar-refractivity contribution in [1.82, 2.24) is 0 Å². The van der Waals surface area contributed by atoms with E-state index >= 15 is 0 Å². The topological polar surface area (TPSA) is 18.5 Å². The minimum absolute atomic E-state index is 0.255. The van der Waals surface area contributed by atoms with E-state index in [2.05, 4.69) is 30.5 Å². The molecule has 1 aliphatic heterocycles. The maximum absolute atomic E-state index is 4.67. The first-order valence-electron chi connectivity index (χ1n) is 1.45. The van der Waals surface area contributed by atoms with Gasteiger partial charge in [0, 0.05) is 0 Å². The summed E-state index contributed by atoms with van der Waals surface area (Å²) in [4.78, 5) is 0. The van der Waals surface area contributed by atoms with Crippen LogP contribution in [-0.4, -0.2) is 4.51 Å². The maximum atomic E-state index is 4.67. The first-order chi connectivity index (χ1) is 2.89. The Morgan fingerprint density at radius 3 is 2.00 bits per heavy atom. The van der Waals surface area contributed by atoms with Gasteiger partial charge in [0.05, 0.1) is 0 Å². The fourth-order valence-corrected chi connectivity index (χ4v) is 0.441.